The highest BCUT2D eigenvalue weighted by Gasteiger charge is 2.35. The van der Waals surface area contributed by atoms with Crippen molar-refractivity contribution in [3.8, 4) is 5.75 Å². The topological polar surface area (TPSA) is 85.4 Å². The third-order valence-corrected chi connectivity index (χ3v) is 1.67. The van der Waals surface area contributed by atoms with Gasteiger partial charge in [0.15, 0.2) is 11.4 Å². The van der Waals surface area contributed by atoms with E-state index in [9.17, 15) is 26.7 Å². The molecule has 0 saturated heterocycles. The van der Waals surface area contributed by atoms with Crippen molar-refractivity contribution >= 4 is 11.7 Å². The Labute approximate surface area is 96.0 Å². The Kier molecular flexibility index (Phi) is 3.58. The third kappa shape index (κ3) is 3.18. The minimum absolute atomic E-state index is 0.415. The Hall–Kier alpha value is -2.13. The summed E-state index contributed by atoms with van der Waals surface area (Å²) in [6.45, 7) is 0. The van der Waals surface area contributed by atoms with Crippen molar-refractivity contribution in [1.29, 1.82) is 0 Å². The van der Waals surface area contributed by atoms with Gasteiger partial charge in [-0.15, -0.1) is 13.2 Å². The highest BCUT2D eigenvalue weighted by atomic mass is 19.4. The zero-order valence-electron chi connectivity index (χ0n) is 8.33. The van der Waals surface area contributed by atoms with Gasteiger partial charge in [-0.1, -0.05) is 0 Å². The van der Waals surface area contributed by atoms with Crippen LogP contribution in [-0.4, -0.2) is 22.4 Å². The molecule has 0 aromatic carbocycles. The van der Waals surface area contributed by atoms with E-state index in [0.29, 0.717) is 6.07 Å². The number of aromatic carboxylic acids is 1. The van der Waals surface area contributed by atoms with Crippen molar-refractivity contribution in [3.05, 3.63) is 17.5 Å². The fourth-order valence-corrected chi connectivity index (χ4v) is 1.05. The van der Waals surface area contributed by atoms with Crippen LogP contribution in [-0.2, 0) is 0 Å². The summed E-state index contributed by atoms with van der Waals surface area (Å²) >= 11 is 0. The van der Waals surface area contributed by atoms with Crippen LogP contribution >= 0.6 is 0 Å². The molecule has 0 atom stereocenters. The number of pyridine rings is 1. The van der Waals surface area contributed by atoms with E-state index in [0.717, 1.165) is 0 Å². The lowest BCUT2D eigenvalue weighted by Crippen LogP contribution is -2.21. The fraction of sp³-hybridized carbons (Fsp3) is 0.250. The van der Waals surface area contributed by atoms with Gasteiger partial charge in [0.1, 0.15) is 5.69 Å². The molecule has 10 heteroatoms. The van der Waals surface area contributed by atoms with Crippen molar-refractivity contribution < 1.29 is 36.6 Å². The highest BCUT2D eigenvalue weighted by molar-refractivity contribution is 5.91. The zero-order valence-corrected chi connectivity index (χ0v) is 8.33. The summed E-state index contributed by atoms with van der Waals surface area (Å²) in [7, 11) is 0. The van der Waals surface area contributed by atoms with E-state index in [4.69, 9.17) is 10.8 Å². The summed E-state index contributed by atoms with van der Waals surface area (Å²) in [4.78, 5) is 13.5. The number of anilines is 1. The molecule has 0 unspecified atom stereocenters. The third-order valence-electron chi connectivity index (χ3n) is 1.67. The summed E-state index contributed by atoms with van der Waals surface area (Å²) in [5.74, 6) is -3.29. The molecule has 5 nitrogen and oxygen atoms in total. The number of hydrogen-bond donors (Lipinski definition) is 2. The molecule has 0 radical (unpaired) electrons. The molecule has 0 aliphatic carbocycles. The van der Waals surface area contributed by atoms with E-state index in [1.807, 2.05) is 0 Å². The Morgan fingerprint density at radius 3 is 2.39 bits per heavy atom. The van der Waals surface area contributed by atoms with Crippen LogP contribution in [0.2, 0.25) is 0 Å². The Morgan fingerprint density at radius 1 is 1.44 bits per heavy atom. The summed E-state index contributed by atoms with van der Waals surface area (Å²) in [6, 6.07) is 0.415. The van der Waals surface area contributed by atoms with E-state index in [-0.39, 0.29) is 0 Å². The number of rotatable bonds is 3. The Balaban J connectivity index is 3.37. The van der Waals surface area contributed by atoms with Gasteiger partial charge in [-0.25, -0.2) is 18.6 Å². The van der Waals surface area contributed by atoms with Crippen molar-refractivity contribution in [3.63, 3.8) is 0 Å². The summed E-state index contributed by atoms with van der Waals surface area (Å²) < 4.78 is 63.9. The highest BCUT2D eigenvalue weighted by Crippen LogP contribution is 2.33. The van der Waals surface area contributed by atoms with E-state index in [2.05, 4.69) is 9.72 Å². The van der Waals surface area contributed by atoms with Gasteiger partial charge in [-0.05, 0) is 6.07 Å². The van der Waals surface area contributed by atoms with E-state index < -0.39 is 41.6 Å². The second-order valence-electron chi connectivity index (χ2n) is 2.97. The molecule has 0 bridgehead atoms. The van der Waals surface area contributed by atoms with Gasteiger partial charge < -0.3 is 15.6 Å². The number of nitrogen functional groups attached to an aromatic ring is 1. The minimum Gasteiger partial charge on any atom is -0.476 e. The fourth-order valence-electron chi connectivity index (χ4n) is 1.05. The first-order valence-corrected chi connectivity index (χ1v) is 4.19. The largest absolute Gasteiger partial charge is 0.573 e. The summed E-state index contributed by atoms with van der Waals surface area (Å²) in [5, 5.41) is 8.58. The number of aromatic nitrogens is 1. The molecule has 1 aromatic rings. The van der Waals surface area contributed by atoms with E-state index >= 15 is 0 Å². The Bertz CT molecular complexity index is 475. The van der Waals surface area contributed by atoms with E-state index in [1.54, 1.807) is 0 Å². The number of carboxylic acid groups (broad SMARTS) is 1. The van der Waals surface area contributed by atoms with Gasteiger partial charge in [-0.2, -0.15) is 0 Å². The van der Waals surface area contributed by atoms with Crippen LogP contribution in [0.4, 0.5) is 27.6 Å². The number of hydrogen-bond acceptors (Lipinski definition) is 4. The average molecular weight is 272 g/mol. The smallest absolute Gasteiger partial charge is 0.476 e. The predicted octanol–water partition coefficient (Wildman–Crippen LogP) is 2.20. The first-order chi connectivity index (χ1) is 8.11. The normalized spacial score (nSPS) is 11.7. The molecule has 1 heterocycles. The van der Waals surface area contributed by atoms with Gasteiger partial charge in [0.2, 0.25) is 0 Å². The van der Waals surface area contributed by atoms with Gasteiger partial charge in [-0.3, -0.25) is 0 Å². The summed E-state index contributed by atoms with van der Waals surface area (Å²) in [6.07, 6.45) is -8.39. The van der Waals surface area contributed by atoms with Crippen molar-refractivity contribution in [1.82, 2.24) is 4.98 Å². The molecule has 0 spiro atoms. The maximum atomic E-state index is 12.3. The second kappa shape index (κ2) is 4.63. The first kappa shape index (κ1) is 13.9. The van der Waals surface area contributed by atoms with Crippen LogP contribution in [0.3, 0.4) is 0 Å². The molecule has 18 heavy (non-hydrogen) atoms. The molecule has 3 N–H and O–H groups in total. The maximum Gasteiger partial charge on any atom is 0.573 e. The SMILES string of the molecule is Nc1cc(C(F)F)nc(C(=O)O)c1OC(F)(F)F. The molecule has 0 aliphatic heterocycles. The van der Waals surface area contributed by atoms with Crippen molar-refractivity contribution in [2.45, 2.75) is 12.8 Å². The van der Waals surface area contributed by atoms with Gasteiger partial charge in [0, 0.05) is 0 Å². The van der Waals surface area contributed by atoms with Crippen LogP contribution in [0.25, 0.3) is 0 Å². The minimum atomic E-state index is -5.22. The van der Waals surface area contributed by atoms with Crippen LogP contribution in [0.5, 0.6) is 5.75 Å². The number of ether oxygens (including phenoxy) is 1. The monoisotopic (exact) mass is 272 g/mol. The molecule has 1 aromatic heterocycles. The van der Waals surface area contributed by atoms with Crippen LogP contribution in [0.1, 0.15) is 22.6 Å². The van der Waals surface area contributed by atoms with Gasteiger partial charge in [0.25, 0.3) is 6.43 Å². The second-order valence-corrected chi connectivity index (χ2v) is 2.97. The summed E-state index contributed by atoms with van der Waals surface area (Å²) in [5.41, 5.74) is 1.76. The lowest BCUT2D eigenvalue weighted by Gasteiger charge is -2.14. The molecule has 1 rings (SSSR count). The molecule has 0 fully saturated rings. The van der Waals surface area contributed by atoms with Crippen molar-refractivity contribution in [2.75, 3.05) is 5.73 Å². The lowest BCUT2D eigenvalue weighted by atomic mass is 10.2. The molecular weight excluding hydrogens is 267 g/mol. The number of nitrogens with zero attached hydrogens (tertiary/aromatic N) is 1. The number of carbonyl (C=O) groups is 1. The molecule has 100 valence electrons. The lowest BCUT2D eigenvalue weighted by molar-refractivity contribution is -0.274. The molecular formula is C8H5F5N2O3. The standard InChI is InChI=1S/C8H5F5N2O3/c9-6(10)3-1-2(14)5(18-8(11,12)13)4(15-3)7(16)17/h1,6H,(H2,14,15)(H,16,17). The molecule has 0 amide bonds. The Morgan fingerprint density at radius 2 is 2.00 bits per heavy atom. The number of nitrogens with two attached hydrogens (primary N) is 1. The van der Waals surface area contributed by atoms with Gasteiger partial charge >= 0.3 is 12.3 Å². The number of halogens is 5. The van der Waals surface area contributed by atoms with Crippen LogP contribution in [0, 0.1) is 0 Å². The molecule has 0 aliphatic rings. The number of carboxylic acids is 1. The van der Waals surface area contributed by atoms with Gasteiger partial charge in [0.05, 0.1) is 5.69 Å². The van der Waals surface area contributed by atoms with E-state index in [1.165, 1.54) is 0 Å². The van der Waals surface area contributed by atoms with Crippen LogP contribution in [0.15, 0.2) is 6.07 Å². The zero-order chi connectivity index (χ0) is 14.1. The van der Waals surface area contributed by atoms with Crippen LogP contribution < -0.4 is 10.5 Å². The predicted molar refractivity (Wildman–Crippen MR) is 47.2 cm³/mol. The molecule has 0 saturated carbocycles. The maximum absolute atomic E-state index is 12.3. The number of alkyl halides is 5. The first-order valence-electron chi connectivity index (χ1n) is 4.19. The quantitative estimate of drug-likeness (QED) is 0.824. The average Bonchev–Trinajstić information content (AvgIpc) is 2.18. The van der Waals surface area contributed by atoms with Crippen molar-refractivity contribution in [2.24, 2.45) is 0 Å².